The Labute approximate surface area is 387 Å². The van der Waals surface area contributed by atoms with Crippen molar-refractivity contribution < 1.29 is 19.2 Å². The molecule has 1 unspecified atom stereocenters. The van der Waals surface area contributed by atoms with Crippen molar-refractivity contribution >= 4 is 45.9 Å². The van der Waals surface area contributed by atoms with Gasteiger partial charge in [0.25, 0.3) is 11.5 Å². The van der Waals surface area contributed by atoms with Gasteiger partial charge in [-0.1, -0.05) is 12.8 Å². The van der Waals surface area contributed by atoms with E-state index in [1.165, 1.54) is 77.9 Å². The van der Waals surface area contributed by atoms with Crippen LogP contribution in [-0.2, 0) is 22.6 Å². The Hall–Kier alpha value is -5.50. The van der Waals surface area contributed by atoms with E-state index in [1.54, 1.807) is 15.7 Å². The smallest absolute Gasteiger partial charge is 0.263 e. The molecule has 1 aliphatic carbocycles. The van der Waals surface area contributed by atoms with Crippen LogP contribution < -0.4 is 20.7 Å². The number of anilines is 2. The van der Waals surface area contributed by atoms with Gasteiger partial charge in [-0.25, -0.2) is 9.97 Å². The van der Waals surface area contributed by atoms with E-state index in [0.29, 0.717) is 42.0 Å². The second-order valence-corrected chi connectivity index (χ2v) is 20.3. The lowest BCUT2D eigenvalue weighted by Gasteiger charge is -2.38. The molecule has 3 amide bonds. The zero-order chi connectivity index (χ0) is 45.5. The number of rotatable bonds is 12. The van der Waals surface area contributed by atoms with Crippen LogP contribution in [0.2, 0.25) is 0 Å². The average molecular weight is 896 g/mol. The second-order valence-electron chi connectivity index (χ2n) is 20.3. The predicted octanol–water partition coefficient (Wildman–Crippen LogP) is 6.79. The molecule has 348 valence electrons. The Bertz CT molecular complexity index is 2550. The number of pyridine rings is 2. The van der Waals surface area contributed by atoms with Crippen molar-refractivity contribution in [3.05, 3.63) is 86.9 Å². The number of amides is 3. The van der Waals surface area contributed by atoms with Gasteiger partial charge in [-0.3, -0.25) is 38.8 Å². The molecule has 1 atom stereocenters. The molecule has 5 fully saturated rings. The summed E-state index contributed by atoms with van der Waals surface area (Å²) in [5.74, 6) is 2.02. The van der Waals surface area contributed by atoms with E-state index >= 15 is 0 Å². The fraction of sp³-hybridized carbons (Fsp3) is 0.577. The van der Waals surface area contributed by atoms with Crippen molar-refractivity contribution in [2.75, 3.05) is 55.6 Å². The molecule has 14 nitrogen and oxygen atoms in total. The number of Topliss-reactive ketones (excluding diaryl/α,β-unsaturated/α-hetero) is 1. The summed E-state index contributed by atoms with van der Waals surface area (Å²) in [6.45, 7) is 11.5. The highest BCUT2D eigenvalue weighted by molar-refractivity contribution is 6.05. The van der Waals surface area contributed by atoms with Crippen LogP contribution >= 0.6 is 0 Å². The molecule has 4 aromatic rings. The Morgan fingerprint density at radius 1 is 0.773 bits per heavy atom. The third-order valence-electron chi connectivity index (χ3n) is 16.1. The summed E-state index contributed by atoms with van der Waals surface area (Å²) in [5, 5.41) is 3.17. The summed E-state index contributed by atoms with van der Waals surface area (Å²) >= 11 is 0. The standard InChI is InChI=1S/C52H65N9O5/c1-33-44-31-54-46(55-49(44)61(40-5-3-4-6-40)52(66)48(33)34(2)62)29-39-7-8-42(30-53-39)59-23-16-35(17-24-59)13-20-57-21-14-36(15-22-57)27-37-18-25-58(26-19-37)41-9-10-43-38(28-41)32-60(51(43)65)45-11-12-47(63)56-50(45)64/h7-10,28,30-31,35-37,40,45H,3-6,11-27,29,32H2,1-2H3,(H,56,63,64). The van der Waals surface area contributed by atoms with Gasteiger partial charge in [-0.05, 0) is 163 Å². The molecule has 1 aromatic carbocycles. The summed E-state index contributed by atoms with van der Waals surface area (Å²) in [7, 11) is 0. The lowest BCUT2D eigenvalue weighted by Crippen LogP contribution is -2.52. The van der Waals surface area contributed by atoms with Crippen LogP contribution in [0.25, 0.3) is 11.0 Å². The second kappa shape index (κ2) is 19.0. The first kappa shape index (κ1) is 44.3. The van der Waals surface area contributed by atoms with E-state index in [4.69, 9.17) is 9.97 Å². The van der Waals surface area contributed by atoms with Gasteiger partial charge < -0.3 is 19.6 Å². The average Bonchev–Trinajstić information content (AvgIpc) is 3.97. The highest BCUT2D eigenvalue weighted by Gasteiger charge is 2.39. The zero-order valence-electron chi connectivity index (χ0n) is 38.8. The maximum atomic E-state index is 13.6. The van der Waals surface area contributed by atoms with Gasteiger partial charge in [0.05, 0.1) is 23.9 Å². The molecular formula is C52H65N9O5. The highest BCUT2D eigenvalue weighted by atomic mass is 16.2. The first-order valence-electron chi connectivity index (χ1n) is 24.9. The minimum atomic E-state index is -0.580. The summed E-state index contributed by atoms with van der Waals surface area (Å²) in [4.78, 5) is 87.2. The number of fused-ring (bicyclic) bond motifs is 2. The number of likely N-dealkylation sites (tertiary alicyclic amines) is 1. The number of aromatic nitrogens is 4. The predicted molar refractivity (Wildman–Crippen MR) is 254 cm³/mol. The van der Waals surface area contributed by atoms with E-state index in [2.05, 4.69) is 49.3 Å². The maximum absolute atomic E-state index is 13.6. The van der Waals surface area contributed by atoms with Crippen LogP contribution in [0.1, 0.15) is 146 Å². The molecule has 1 saturated carbocycles. The molecule has 3 aromatic heterocycles. The molecule has 0 bridgehead atoms. The molecule has 66 heavy (non-hydrogen) atoms. The van der Waals surface area contributed by atoms with Crippen LogP contribution in [-0.4, -0.2) is 105 Å². The fourth-order valence-corrected chi connectivity index (χ4v) is 12.2. The summed E-state index contributed by atoms with van der Waals surface area (Å²) in [6, 6.07) is 9.87. The normalized spacial score (nSPS) is 21.9. The van der Waals surface area contributed by atoms with Crippen LogP contribution in [0.4, 0.5) is 11.4 Å². The van der Waals surface area contributed by atoms with Gasteiger partial charge in [-0.15, -0.1) is 0 Å². The van der Waals surface area contributed by atoms with E-state index in [9.17, 15) is 24.0 Å². The third kappa shape index (κ3) is 9.14. The Balaban J connectivity index is 0.641. The van der Waals surface area contributed by atoms with E-state index in [-0.39, 0.29) is 47.1 Å². The number of carbonyl (C=O) groups excluding carboxylic acids is 4. The monoisotopic (exact) mass is 896 g/mol. The third-order valence-corrected chi connectivity index (χ3v) is 16.1. The zero-order valence-corrected chi connectivity index (χ0v) is 38.8. The van der Waals surface area contributed by atoms with E-state index in [0.717, 1.165) is 97.6 Å². The minimum Gasteiger partial charge on any atom is -0.372 e. The van der Waals surface area contributed by atoms with Crippen molar-refractivity contribution in [3.63, 3.8) is 0 Å². The largest absolute Gasteiger partial charge is 0.372 e. The first-order valence-corrected chi connectivity index (χ1v) is 24.9. The summed E-state index contributed by atoms with van der Waals surface area (Å²) in [5.41, 5.74) is 6.19. The van der Waals surface area contributed by atoms with Gasteiger partial charge in [0.2, 0.25) is 11.8 Å². The molecule has 5 aliphatic heterocycles. The number of nitrogens with zero attached hydrogens (tertiary/aromatic N) is 8. The van der Waals surface area contributed by atoms with E-state index in [1.807, 2.05) is 19.2 Å². The van der Waals surface area contributed by atoms with Crippen LogP contribution in [0.15, 0.2) is 47.5 Å². The topological polar surface area (TPSA) is 154 Å². The van der Waals surface area contributed by atoms with Gasteiger partial charge in [-0.2, -0.15) is 0 Å². The molecule has 0 spiro atoms. The van der Waals surface area contributed by atoms with E-state index < -0.39 is 6.04 Å². The number of hydrogen-bond donors (Lipinski definition) is 1. The SMILES string of the molecule is CC(=O)c1c(C)c2cnc(Cc3ccc(N4CCC(CCN5CCC(CC6CCN(c7ccc8c(c7)CN(C7CCC(=O)NC7=O)C8=O)CC6)CC5)CC4)cn3)nc2n(C2CCCC2)c1=O. The number of ketones is 1. The number of carbonyl (C=O) groups is 4. The van der Waals surface area contributed by atoms with Crippen molar-refractivity contribution in [2.45, 2.75) is 129 Å². The quantitative estimate of drug-likeness (QED) is 0.118. The van der Waals surface area contributed by atoms with Crippen molar-refractivity contribution in [2.24, 2.45) is 17.8 Å². The van der Waals surface area contributed by atoms with Gasteiger partial charge >= 0.3 is 0 Å². The number of imide groups is 1. The first-order chi connectivity index (χ1) is 32.1. The molecule has 6 aliphatic rings. The molecular weight excluding hydrogens is 831 g/mol. The lowest BCUT2D eigenvalue weighted by atomic mass is 9.82. The summed E-state index contributed by atoms with van der Waals surface area (Å²) < 4.78 is 1.78. The molecule has 14 heteroatoms. The number of nitrogens with one attached hydrogen (secondary N) is 1. The Kier molecular flexibility index (Phi) is 12.8. The minimum absolute atomic E-state index is 0.0560. The Morgan fingerprint density at radius 2 is 1.45 bits per heavy atom. The molecule has 10 rings (SSSR count). The van der Waals surface area contributed by atoms with Crippen molar-refractivity contribution in [1.82, 2.24) is 34.6 Å². The highest BCUT2D eigenvalue weighted by Crippen LogP contribution is 2.36. The molecule has 8 heterocycles. The number of aryl methyl sites for hydroxylation is 1. The van der Waals surface area contributed by atoms with Crippen LogP contribution in [0.3, 0.4) is 0 Å². The maximum Gasteiger partial charge on any atom is 0.263 e. The van der Waals surface area contributed by atoms with Crippen LogP contribution in [0, 0.1) is 24.7 Å². The molecule has 1 N–H and O–H groups in total. The fourth-order valence-electron chi connectivity index (χ4n) is 12.2. The Morgan fingerprint density at radius 3 is 2.14 bits per heavy atom. The summed E-state index contributed by atoms with van der Waals surface area (Å²) in [6.07, 6.45) is 18.9. The molecule has 4 saturated heterocycles. The molecule has 0 radical (unpaired) electrons. The van der Waals surface area contributed by atoms with Gasteiger partial charge in [0.1, 0.15) is 17.5 Å². The number of benzene rings is 1. The number of hydrogen-bond acceptors (Lipinski definition) is 11. The van der Waals surface area contributed by atoms with Crippen molar-refractivity contribution in [3.8, 4) is 0 Å². The lowest BCUT2D eigenvalue weighted by molar-refractivity contribution is -0.136. The van der Waals surface area contributed by atoms with Crippen molar-refractivity contribution in [1.29, 1.82) is 0 Å². The van der Waals surface area contributed by atoms with Crippen LogP contribution in [0.5, 0.6) is 0 Å². The van der Waals surface area contributed by atoms with Gasteiger partial charge in [0, 0.05) is 73.7 Å². The van der Waals surface area contributed by atoms with Gasteiger partial charge in [0.15, 0.2) is 5.78 Å². The number of piperidine rings is 4.